The highest BCUT2D eigenvalue weighted by Crippen LogP contribution is 2.04. The summed E-state index contributed by atoms with van der Waals surface area (Å²) in [7, 11) is 1.64. The van der Waals surface area contributed by atoms with Crippen molar-refractivity contribution in [2.24, 2.45) is 0 Å². The van der Waals surface area contributed by atoms with Crippen molar-refractivity contribution >= 4 is 6.08 Å². The Morgan fingerprint density at radius 3 is 2.36 bits per heavy atom. The molecule has 1 nitrogen and oxygen atoms in total. The van der Waals surface area contributed by atoms with Crippen LogP contribution in [0.4, 0.5) is 0 Å². The summed E-state index contributed by atoms with van der Waals surface area (Å²) >= 11 is 0. The highest BCUT2D eigenvalue weighted by atomic mass is 16.5. The molecule has 0 aliphatic carbocycles. The molecule has 0 atom stereocenters. The summed E-state index contributed by atoms with van der Waals surface area (Å²) in [6, 6.07) is 8.28. The van der Waals surface area contributed by atoms with E-state index < -0.39 is 0 Å². The van der Waals surface area contributed by atoms with E-state index in [2.05, 4.69) is 31.2 Å². The van der Waals surface area contributed by atoms with Crippen LogP contribution in [0.1, 0.15) is 11.1 Å². The molecule has 1 heteroatoms. The maximum absolute atomic E-state index is 4.80. The summed E-state index contributed by atoms with van der Waals surface area (Å²) in [5, 5.41) is 0. The summed E-state index contributed by atoms with van der Waals surface area (Å²) < 4.78 is 4.80. The molecule has 11 heavy (non-hydrogen) atoms. The van der Waals surface area contributed by atoms with Crippen LogP contribution in [0.25, 0.3) is 6.08 Å². The first kappa shape index (κ1) is 7.86. The van der Waals surface area contributed by atoms with E-state index in [4.69, 9.17) is 4.74 Å². The maximum Gasteiger partial charge on any atom is 0.0830 e. The second kappa shape index (κ2) is 3.81. The van der Waals surface area contributed by atoms with Gasteiger partial charge < -0.3 is 4.74 Å². The highest BCUT2D eigenvalue weighted by molar-refractivity contribution is 5.48. The lowest BCUT2D eigenvalue weighted by molar-refractivity contribution is 0.341. The Labute approximate surface area is 67.3 Å². The van der Waals surface area contributed by atoms with E-state index in [1.165, 1.54) is 5.56 Å². The molecule has 0 radical (unpaired) electrons. The van der Waals surface area contributed by atoms with Crippen LogP contribution in [-0.2, 0) is 4.74 Å². The summed E-state index contributed by atoms with van der Waals surface area (Å²) in [5.41, 5.74) is 2.44. The molecule has 0 aliphatic rings. The van der Waals surface area contributed by atoms with Gasteiger partial charge in [-0.2, -0.15) is 0 Å². The highest BCUT2D eigenvalue weighted by Gasteiger charge is 1.84. The number of methoxy groups -OCH3 is 1. The Hall–Kier alpha value is -1.24. The molecule has 58 valence electrons. The van der Waals surface area contributed by atoms with E-state index in [-0.39, 0.29) is 0 Å². The second-order valence-electron chi connectivity index (χ2n) is 2.45. The quantitative estimate of drug-likeness (QED) is 0.586. The molecule has 0 saturated carbocycles. The third-order valence-electron chi connectivity index (χ3n) is 1.47. The molecule has 0 bridgehead atoms. The van der Waals surface area contributed by atoms with Crippen molar-refractivity contribution in [2.75, 3.05) is 7.11 Å². The molecule has 1 aromatic rings. The number of aryl methyl sites for hydroxylation is 1. The average Bonchev–Trinajstić information content (AvgIpc) is 2.04. The molecule has 0 N–H and O–H groups in total. The minimum absolute atomic E-state index is 1.16. The number of ether oxygens (including phenoxy) is 1. The third kappa shape index (κ3) is 2.46. The normalized spacial score (nSPS) is 10.4. The molecule has 0 unspecified atom stereocenters. The third-order valence-corrected chi connectivity index (χ3v) is 1.47. The second-order valence-corrected chi connectivity index (χ2v) is 2.45. The Morgan fingerprint density at radius 2 is 1.82 bits per heavy atom. The van der Waals surface area contributed by atoms with Crippen molar-refractivity contribution in [2.45, 2.75) is 6.92 Å². The van der Waals surface area contributed by atoms with E-state index in [9.17, 15) is 0 Å². The zero-order valence-corrected chi connectivity index (χ0v) is 6.87. The molecule has 0 heterocycles. The van der Waals surface area contributed by atoms with Gasteiger partial charge in [0.25, 0.3) is 0 Å². The predicted octanol–water partition coefficient (Wildman–Crippen LogP) is 2.61. The monoisotopic (exact) mass is 148 g/mol. The molecule has 0 aliphatic heterocycles. The zero-order chi connectivity index (χ0) is 8.10. The lowest BCUT2D eigenvalue weighted by Crippen LogP contribution is -1.73. The molecule has 0 spiro atoms. The molecule has 0 aromatic heterocycles. The van der Waals surface area contributed by atoms with Gasteiger partial charge in [-0.05, 0) is 18.6 Å². The largest absolute Gasteiger partial charge is 0.504 e. The fourth-order valence-electron chi connectivity index (χ4n) is 0.824. The molecule has 0 amide bonds. The van der Waals surface area contributed by atoms with Crippen molar-refractivity contribution in [3.8, 4) is 0 Å². The first-order valence-corrected chi connectivity index (χ1v) is 3.59. The van der Waals surface area contributed by atoms with Crippen LogP contribution in [0.2, 0.25) is 0 Å². The SMILES string of the molecule is CO/C=C\c1ccc(C)cc1. The van der Waals surface area contributed by atoms with Crippen molar-refractivity contribution in [1.82, 2.24) is 0 Å². The maximum atomic E-state index is 4.80. The summed E-state index contributed by atoms with van der Waals surface area (Å²) in [6.45, 7) is 2.07. The standard InChI is InChI=1S/C10H12O/c1-9-3-5-10(6-4-9)7-8-11-2/h3-8H,1-2H3/b8-7-. The molecular weight excluding hydrogens is 136 g/mol. The molecule has 1 rings (SSSR count). The van der Waals surface area contributed by atoms with Gasteiger partial charge in [0.15, 0.2) is 0 Å². The molecular formula is C10H12O. The first-order valence-electron chi connectivity index (χ1n) is 3.59. The number of hydrogen-bond donors (Lipinski definition) is 0. The lowest BCUT2D eigenvalue weighted by atomic mass is 10.1. The van der Waals surface area contributed by atoms with Crippen LogP contribution in [0.5, 0.6) is 0 Å². The topological polar surface area (TPSA) is 9.23 Å². The van der Waals surface area contributed by atoms with Crippen LogP contribution in [0.3, 0.4) is 0 Å². The minimum Gasteiger partial charge on any atom is -0.504 e. The number of hydrogen-bond acceptors (Lipinski definition) is 1. The van der Waals surface area contributed by atoms with Gasteiger partial charge in [-0.25, -0.2) is 0 Å². The lowest BCUT2D eigenvalue weighted by Gasteiger charge is -1.93. The van der Waals surface area contributed by atoms with Crippen LogP contribution in [-0.4, -0.2) is 7.11 Å². The van der Waals surface area contributed by atoms with E-state index >= 15 is 0 Å². The number of rotatable bonds is 2. The van der Waals surface area contributed by atoms with Gasteiger partial charge in [-0.15, -0.1) is 0 Å². The molecule has 0 saturated heterocycles. The summed E-state index contributed by atoms with van der Waals surface area (Å²) in [5.74, 6) is 0. The van der Waals surface area contributed by atoms with Gasteiger partial charge in [0.05, 0.1) is 13.4 Å². The van der Waals surface area contributed by atoms with Crippen LogP contribution >= 0.6 is 0 Å². The van der Waals surface area contributed by atoms with Gasteiger partial charge in [-0.1, -0.05) is 29.8 Å². The van der Waals surface area contributed by atoms with Crippen LogP contribution in [0.15, 0.2) is 30.5 Å². The smallest absolute Gasteiger partial charge is 0.0830 e. The fraction of sp³-hybridized carbons (Fsp3) is 0.200. The minimum atomic E-state index is 1.16. The summed E-state index contributed by atoms with van der Waals surface area (Å²) in [4.78, 5) is 0. The van der Waals surface area contributed by atoms with Gasteiger partial charge >= 0.3 is 0 Å². The van der Waals surface area contributed by atoms with Crippen molar-refractivity contribution < 1.29 is 4.74 Å². The van der Waals surface area contributed by atoms with Crippen molar-refractivity contribution in [3.05, 3.63) is 41.7 Å². The Morgan fingerprint density at radius 1 is 1.18 bits per heavy atom. The van der Waals surface area contributed by atoms with Crippen molar-refractivity contribution in [3.63, 3.8) is 0 Å². The van der Waals surface area contributed by atoms with Crippen molar-refractivity contribution in [1.29, 1.82) is 0 Å². The Kier molecular flexibility index (Phi) is 2.73. The van der Waals surface area contributed by atoms with E-state index in [0.717, 1.165) is 5.56 Å². The van der Waals surface area contributed by atoms with E-state index in [1.807, 2.05) is 6.08 Å². The molecule has 1 aromatic carbocycles. The number of benzene rings is 1. The van der Waals surface area contributed by atoms with Gasteiger partial charge in [-0.3, -0.25) is 0 Å². The summed E-state index contributed by atoms with van der Waals surface area (Å²) in [6.07, 6.45) is 3.60. The van der Waals surface area contributed by atoms with Gasteiger partial charge in [0, 0.05) is 0 Å². The van der Waals surface area contributed by atoms with Gasteiger partial charge in [0.2, 0.25) is 0 Å². The molecule has 0 fully saturated rings. The van der Waals surface area contributed by atoms with Crippen LogP contribution in [0, 0.1) is 6.92 Å². The Balaban J connectivity index is 2.73. The average molecular weight is 148 g/mol. The van der Waals surface area contributed by atoms with Gasteiger partial charge in [0.1, 0.15) is 0 Å². The zero-order valence-electron chi connectivity index (χ0n) is 6.87. The van der Waals surface area contributed by atoms with E-state index in [1.54, 1.807) is 13.4 Å². The van der Waals surface area contributed by atoms with Crippen LogP contribution < -0.4 is 0 Å². The Bertz CT molecular complexity index is 234. The fourth-order valence-corrected chi connectivity index (χ4v) is 0.824. The first-order chi connectivity index (χ1) is 5.33. The predicted molar refractivity (Wildman–Crippen MR) is 47.2 cm³/mol. The van der Waals surface area contributed by atoms with E-state index in [0.29, 0.717) is 0 Å².